The van der Waals surface area contributed by atoms with Crippen LogP contribution >= 0.6 is 0 Å². The van der Waals surface area contributed by atoms with Gasteiger partial charge in [-0.25, -0.2) is 0 Å². The minimum absolute atomic E-state index is 0.136. The molecule has 3 nitrogen and oxygen atoms in total. The zero-order valence-corrected chi connectivity index (χ0v) is 10.8. The van der Waals surface area contributed by atoms with Crippen molar-refractivity contribution < 1.29 is 4.79 Å². The minimum atomic E-state index is -0.136. The fourth-order valence-electron chi connectivity index (χ4n) is 1.79. The van der Waals surface area contributed by atoms with Crippen LogP contribution in [0.15, 0.2) is 55.1 Å². The van der Waals surface area contributed by atoms with E-state index in [1.807, 2.05) is 43.3 Å². The first-order valence-corrected chi connectivity index (χ1v) is 5.99. The summed E-state index contributed by atoms with van der Waals surface area (Å²) in [5.74, 6) is -0.136. The molecule has 0 fully saturated rings. The smallest absolute Gasteiger partial charge is 0.255 e. The molecule has 1 amide bonds. The Labute approximate surface area is 112 Å². The van der Waals surface area contributed by atoms with Crippen molar-refractivity contribution in [3.63, 3.8) is 0 Å². The first-order valence-electron chi connectivity index (χ1n) is 5.99. The maximum atomic E-state index is 12.1. The number of amides is 1. The maximum absolute atomic E-state index is 12.1. The van der Waals surface area contributed by atoms with Crippen molar-refractivity contribution in [1.82, 2.24) is 0 Å². The third-order valence-electron chi connectivity index (χ3n) is 2.77. The zero-order valence-electron chi connectivity index (χ0n) is 10.8. The maximum Gasteiger partial charge on any atom is 0.255 e. The number of nitrogens with two attached hydrogens (primary N) is 1. The Bertz CT molecular complexity index is 632. The van der Waals surface area contributed by atoms with Crippen LogP contribution in [0.2, 0.25) is 0 Å². The van der Waals surface area contributed by atoms with Gasteiger partial charge in [-0.1, -0.05) is 36.4 Å². The van der Waals surface area contributed by atoms with Gasteiger partial charge in [0.25, 0.3) is 5.91 Å². The predicted molar refractivity (Wildman–Crippen MR) is 78.8 cm³/mol. The number of rotatable bonds is 3. The van der Waals surface area contributed by atoms with E-state index in [1.54, 1.807) is 12.1 Å². The van der Waals surface area contributed by atoms with E-state index in [-0.39, 0.29) is 5.91 Å². The summed E-state index contributed by atoms with van der Waals surface area (Å²) < 4.78 is 0. The molecule has 19 heavy (non-hydrogen) atoms. The van der Waals surface area contributed by atoms with Crippen LogP contribution in [0.1, 0.15) is 21.5 Å². The minimum Gasteiger partial charge on any atom is -0.399 e. The third-order valence-corrected chi connectivity index (χ3v) is 2.77. The molecule has 0 saturated carbocycles. The van der Waals surface area contributed by atoms with Crippen molar-refractivity contribution in [2.75, 3.05) is 5.32 Å². The molecule has 0 aliphatic heterocycles. The number of carbonyl (C=O) groups excluding carboxylic acids is 1. The van der Waals surface area contributed by atoms with E-state index < -0.39 is 0 Å². The first kappa shape index (κ1) is 12.9. The topological polar surface area (TPSA) is 55.1 Å². The number of hydrogen-bond donors (Lipinski definition) is 2. The van der Waals surface area contributed by atoms with Crippen molar-refractivity contribution in [2.24, 2.45) is 5.73 Å². The highest BCUT2D eigenvalue weighted by Crippen LogP contribution is 2.15. The lowest BCUT2D eigenvalue weighted by molar-refractivity contribution is 0.102. The van der Waals surface area contributed by atoms with Crippen molar-refractivity contribution in [3.8, 4) is 0 Å². The fourth-order valence-corrected chi connectivity index (χ4v) is 1.79. The van der Waals surface area contributed by atoms with Gasteiger partial charge in [0.15, 0.2) is 0 Å². The van der Waals surface area contributed by atoms with Crippen molar-refractivity contribution >= 4 is 17.3 Å². The summed E-state index contributed by atoms with van der Waals surface area (Å²) in [5.41, 5.74) is 9.32. The fraction of sp³-hybridized carbons (Fsp3) is 0.0625. The summed E-state index contributed by atoms with van der Waals surface area (Å²) in [6, 6.07) is 14.8. The van der Waals surface area contributed by atoms with Crippen LogP contribution in [-0.4, -0.2) is 5.91 Å². The van der Waals surface area contributed by atoms with Crippen molar-refractivity contribution in [3.05, 3.63) is 71.8 Å². The summed E-state index contributed by atoms with van der Waals surface area (Å²) in [5, 5.41) is 2.85. The van der Waals surface area contributed by atoms with Crippen LogP contribution in [0.5, 0.6) is 0 Å². The Morgan fingerprint density at radius 3 is 2.47 bits per heavy atom. The van der Waals surface area contributed by atoms with Crippen molar-refractivity contribution in [2.45, 2.75) is 6.92 Å². The van der Waals surface area contributed by atoms with Crippen LogP contribution < -0.4 is 11.1 Å². The van der Waals surface area contributed by atoms with E-state index in [9.17, 15) is 4.79 Å². The summed E-state index contributed by atoms with van der Waals surface area (Å²) >= 11 is 0. The van der Waals surface area contributed by atoms with Gasteiger partial charge in [-0.2, -0.15) is 0 Å². The zero-order chi connectivity index (χ0) is 13.8. The van der Waals surface area contributed by atoms with Crippen LogP contribution in [0.25, 0.3) is 5.70 Å². The second-order valence-electron chi connectivity index (χ2n) is 4.43. The molecule has 0 aliphatic rings. The standard InChI is InChI=1S/C16H16N2O/c1-11-5-3-7-14(9-11)16(19)18-15-8-4-6-13(10-15)12(2)17/h3-10H,2,17H2,1H3,(H,18,19). The molecule has 2 rings (SSSR count). The van der Waals surface area contributed by atoms with Gasteiger partial charge in [0.2, 0.25) is 0 Å². The largest absolute Gasteiger partial charge is 0.399 e. The first-order chi connectivity index (χ1) is 9.06. The van der Waals surface area contributed by atoms with Gasteiger partial charge in [-0.05, 0) is 36.8 Å². The summed E-state index contributed by atoms with van der Waals surface area (Å²) in [7, 11) is 0. The Balaban J connectivity index is 2.19. The van der Waals surface area contributed by atoms with Crippen LogP contribution in [0, 0.1) is 6.92 Å². The molecular weight excluding hydrogens is 236 g/mol. The van der Waals surface area contributed by atoms with Crippen molar-refractivity contribution in [1.29, 1.82) is 0 Å². The monoisotopic (exact) mass is 252 g/mol. The SMILES string of the molecule is C=C(N)c1cccc(NC(=O)c2cccc(C)c2)c1. The predicted octanol–water partition coefficient (Wildman–Crippen LogP) is 3.18. The molecule has 0 unspecified atom stereocenters. The Hall–Kier alpha value is -2.55. The Kier molecular flexibility index (Phi) is 3.66. The highest BCUT2D eigenvalue weighted by molar-refractivity contribution is 6.04. The van der Waals surface area contributed by atoms with Gasteiger partial charge in [0.05, 0.1) is 0 Å². The lowest BCUT2D eigenvalue weighted by Crippen LogP contribution is -2.12. The second-order valence-corrected chi connectivity index (χ2v) is 4.43. The van der Waals surface area contributed by atoms with E-state index in [0.717, 1.165) is 11.1 Å². The number of carbonyl (C=O) groups is 1. The quantitative estimate of drug-likeness (QED) is 0.881. The van der Waals surface area contributed by atoms with Crippen LogP contribution in [-0.2, 0) is 0 Å². The van der Waals surface area contributed by atoms with Gasteiger partial charge in [-0.15, -0.1) is 0 Å². The van der Waals surface area contributed by atoms with E-state index in [2.05, 4.69) is 11.9 Å². The van der Waals surface area contributed by atoms with E-state index in [1.165, 1.54) is 0 Å². The molecule has 2 aromatic carbocycles. The molecule has 3 N–H and O–H groups in total. The molecule has 0 saturated heterocycles. The average molecular weight is 252 g/mol. The molecule has 0 bridgehead atoms. The molecule has 0 atom stereocenters. The molecular formula is C16H16N2O. The highest BCUT2D eigenvalue weighted by Gasteiger charge is 2.06. The number of hydrogen-bond acceptors (Lipinski definition) is 2. The van der Waals surface area contributed by atoms with Gasteiger partial charge < -0.3 is 11.1 Å². The Morgan fingerprint density at radius 1 is 1.11 bits per heavy atom. The molecule has 0 spiro atoms. The number of benzene rings is 2. The number of nitrogens with one attached hydrogen (secondary N) is 1. The number of anilines is 1. The van der Waals surface area contributed by atoms with Gasteiger partial charge in [0.1, 0.15) is 0 Å². The lowest BCUT2D eigenvalue weighted by Gasteiger charge is -2.07. The molecule has 3 heteroatoms. The van der Waals surface area contributed by atoms with Crippen LogP contribution in [0.4, 0.5) is 5.69 Å². The number of aryl methyl sites for hydroxylation is 1. The average Bonchev–Trinajstić information content (AvgIpc) is 2.39. The Morgan fingerprint density at radius 2 is 1.79 bits per heavy atom. The van der Waals surface area contributed by atoms with Gasteiger partial charge in [-0.3, -0.25) is 4.79 Å². The van der Waals surface area contributed by atoms with Gasteiger partial charge in [0, 0.05) is 16.9 Å². The molecule has 0 radical (unpaired) electrons. The summed E-state index contributed by atoms with van der Waals surface area (Å²) in [6.07, 6.45) is 0. The molecule has 2 aromatic rings. The summed E-state index contributed by atoms with van der Waals surface area (Å²) in [4.78, 5) is 12.1. The van der Waals surface area contributed by atoms with E-state index >= 15 is 0 Å². The van der Waals surface area contributed by atoms with Gasteiger partial charge >= 0.3 is 0 Å². The van der Waals surface area contributed by atoms with Crippen LogP contribution in [0.3, 0.4) is 0 Å². The molecule has 0 heterocycles. The normalized spacial score (nSPS) is 9.95. The van der Waals surface area contributed by atoms with E-state index in [4.69, 9.17) is 5.73 Å². The molecule has 0 aliphatic carbocycles. The summed E-state index contributed by atoms with van der Waals surface area (Å²) in [6.45, 7) is 5.63. The third kappa shape index (κ3) is 3.22. The molecule has 0 aromatic heterocycles. The highest BCUT2D eigenvalue weighted by atomic mass is 16.1. The molecule has 96 valence electrons. The van der Waals surface area contributed by atoms with E-state index in [0.29, 0.717) is 16.9 Å². The lowest BCUT2D eigenvalue weighted by atomic mass is 10.1. The second kappa shape index (κ2) is 5.40.